The fourth-order valence-corrected chi connectivity index (χ4v) is 3.27. The summed E-state index contributed by atoms with van der Waals surface area (Å²) in [6, 6.07) is 8.39. The van der Waals surface area contributed by atoms with Crippen molar-refractivity contribution in [3.8, 4) is 0 Å². The number of hydrogen-bond donors (Lipinski definition) is 2. The molecule has 0 aliphatic carbocycles. The summed E-state index contributed by atoms with van der Waals surface area (Å²) >= 11 is 0. The number of rotatable bonds is 4. The number of halogens is 1. The van der Waals surface area contributed by atoms with Crippen molar-refractivity contribution in [1.29, 1.82) is 0 Å². The highest BCUT2D eigenvalue weighted by atomic mass is 19.1. The lowest BCUT2D eigenvalue weighted by molar-refractivity contribution is 0.104. The Morgan fingerprint density at radius 1 is 1.30 bits per heavy atom. The van der Waals surface area contributed by atoms with E-state index in [0.29, 0.717) is 30.3 Å². The molecule has 5 nitrogen and oxygen atoms in total. The fourth-order valence-electron chi connectivity index (χ4n) is 3.27. The van der Waals surface area contributed by atoms with Crippen molar-refractivity contribution in [2.75, 3.05) is 30.3 Å². The van der Waals surface area contributed by atoms with Crippen LogP contribution in [0.1, 0.15) is 18.4 Å². The van der Waals surface area contributed by atoms with E-state index in [1.54, 1.807) is 24.4 Å². The molecule has 1 saturated heterocycles. The molecular formula is C17H21FN4O. The van der Waals surface area contributed by atoms with Gasteiger partial charge < -0.3 is 15.7 Å². The van der Waals surface area contributed by atoms with Crippen LogP contribution >= 0.6 is 0 Å². The van der Waals surface area contributed by atoms with Gasteiger partial charge in [0.05, 0.1) is 6.61 Å². The van der Waals surface area contributed by atoms with Crippen molar-refractivity contribution in [3.63, 3.8) is 0 Å². The van der Waals surface area contributed by atoms with Crippen molar-refractivity contribution in [1.82, 2.24) is 9.97 Å². The number of benzene rings is 1. The van der Waals surface area contributed by atoms with Gasteiger partial charge in [-0.15, -0.1) is 0 Å². The predicted molar refractivity (Wildman–Crippen MR) is 87.5 cm³/mol. The monoisotopic (exact) mass is 316 g/mol. The van der Waals surface area contributed by atoms with E-state index in [0.717, 1.165) is 19.4 Å². The number of aliphatic hydroxyl groups is 1. The fraction of sp³-hybridized carbons (Fsp3) is 0.412. The van der Waals surface area contributed by atoms with Gasteiger partial charge >= 0.3 is 0 Å². The lowest BCUT2D eigenvalue weighted by Gasteiger charge is -2.42. The molecule has 23 heavy (non-hydrogen) atoms. The van der Waals surface area contributed by atoms with E-state index >= 15 is 0 Å². The quantitative estimate of drug-likeness (QED) is 0.902. The van der Waals surface area contributed by atoms with E-state index in [1.165, 1.54) is 6.07 Å². The third-order valence-electron chi connectivity index (χ3n) is 4.47. The van der Waals surface area contributed by atoms with Gasteiger partial charge in [0.25, 0.3) is 0 Å². The van der Waals surface area contributed by atoms with E-state index in [1.807, 2.05) is 11.0 Å². The first-order chi connectivity index (χ1) is 11.1. The van der Waals surface area contributed by atoms with Crippen molar-refractivity contribution in [2.24, 2.45) is 5.41 Å². The molecule has 3 rings (SSSR count). The average Bonchev–Trinajstić information content (AvgIpc) is 2.57. The molecule has 1 aliphatic heterocycles. The van der Waals surface area contributed by atoms with Crippen LogP contribution in [0.4, 0.5) is 16.2 Å². The molecule has 0 radical (unpaired) electrons. The van der Waals surface area contributed by atoms with Gasteiger partial charge in [0.1, 0.15) is 11.6 Å². The summed E-state index contributed by atoms with van der Waals surface area (Å²) in [5.74, 6) is 0.762. The summed E-state index contributed by atoms with van der Waals surface area (Å²) in [4.78, 5) is 10.5. The van der Waals surface area contributed by atoms with E-state index in [2.05, 4.69) is 9.97 Å². The molecule has 6 heteroatoms. The summed E-state index contributed by atoms with van der Waals surface area (Å²) in [6.45, 7) is 1.39. The summed E-state index contributed by atoms with van der Waals surface area (Å²) in [7, 11) is 0. The molecule has 2 heterocycles. The third kappa shape index (κ3) is 3.42. The highest BCUT2D eigenvalue weighted by molar-refractivity contribution is 5.38. The Labute approximate surface area is 135 Å². The molecule has 1 aliphatic rings. The van der Waals surface area contributed by atoms with Gasteiger partial charge in [0.15, 0.2) is 0 Å². The minimum absolute atomic E-state index is 0.000149. The maximum atomic E-state index is 14.0. The summed E-state index contributed by atoms with van der Waals surface area (Å²) in [5.41, 5.74) is 5.97. The van der Waals surface area contributed by atoms with Crippen LogP contribution in [0.5, 0.6) is 0 Å². The molecule has 0 amide bonds. The molecular weight excluding hydrogens is 295 g/mol. The number of hydrogen-bond acceptors (Lipinski definition) is 5. The third-order valence-corrected chi connectivity index (χ3v) is 4.47. The summed E-state index contributed by atoms with van der Waals surface area (Å²) in [6.07, 6.45) is 3.86. The number of aliphatic hydroxyl groups excluding tert-OH is 1. The molecule has 1 atom stereocenters. The van der Waals surface area contributed by atoms with Crippen LogP contribution in [0, 0.1) is 11.2 Å². The van der Waals surface area contributed by atoms with Crippen molar-refractivity contribution in [3.05, 3.63) is 47.9 Å². The molecule has 0 saturated carbocycles. The van der Waals surface area contributed by atoms with E-state index in [9.17, 15) is 9.50 Å². The number of nitrogen functional groups attached to an aromatic ring is 1. The zero-order valence-electron chi connectivity index (χ0n) is 13.0. The van der Waals surface area contributed by atoms with Crippen molar-refractivity contribution < 1.29 is 9.50 Å². The van der Waals surface area contributed by atoms with E-state index in [4.69, 9.17) is 5.73 Å². The van der Waals surface area contributed by atoms with Crippen LogP contribution in [0.25, 0.3) is 0 Å². The molecule has 1 aromatic heterocycles. The van der Waals surface area contributed by atoms with Gasteiger partial charge in [-0.25, -0.2) is 9.37 Å². The number of anilines is 2. The zero-order chi connectivity index (χ0) is 16.3. The SMILES string of the molecule is Nc1ccnc(N2CCC[C@](CO)(Cc3ccccc3F)C2)n1. The van der Waals surface area contributed by atoms with Crippen LogP contribution in [0.2, 0.25) is 0 Å². The first-order valence-electron chi connectivity index (χ1n) is 7.80. The van der Waals surface area contributed by atoms with Crippen LogP contribution in [-0.2, 0) is 6.42 Å². The first kappa shape index (κ1) is 15.7. The second-order valence-corrected chi connectivity index (χ2v) is 6.23. The minimum atomic E-state index is -0.394. The second-order valence-electron chi connectivity index (χ2n) is 6.23. The highest BCUT2D eigenvalue weighted by Crippen LogP contribution is 2.35. The lowest BCUT2D eigenvalue weighted by atomic mass is 9.75. The Balaban J connectivity index is 1.83. The van der Waals surface area contributed by atoms with Gasteiger partial charge in [-0.3, -0.25) is 0 Å². The molecule has 2 aromatic rings. The highest BCUT2D eigenvalue weighted by Gasteiger charge is 2.36. The van der Waals surface area contributed by atoms with Gasteiger partial charge in [-0.1, -0.05) is 18.2 Å². The number of aromatic nitrogens is 2. The molecule has 1 aromatic carbocycles. The van der Waals surface area contributed by atoms with Gasteiger partial charge in [-0.05, 0) is 37.0 Å². The molecule has 3 N–H and O–H groups in total. The van der Waals surface area contributed by atoms with E-state index in [-0.39, 0.29) is 12.4 Å². The lowest BCUT2D eigenvalue weighted by Crippen LogP contribution is -2.47. The number of nitrogens with two attached hydrogens (primary N) is 1. The van der Waals surface area contributed by atoms with Crippen LogP contribution in [0.3, 0.4) is 0 Å². The maximum Gasteiger partial charge on any atom is 0.227 e. The Bertz CT molecular complexity index is 681. The predicted octanol–water partition coefficient (Wildman–Crippen LogP) is 2.02. The molecule has 122 valence electrons. The standard InChI is InChI=1S/C17H21FN4O/c18-14-5-2-1-4-13(14)10-17(12-23)7-3-9-22(11-17)16-20-8-6-15(19)21-16/h1-2,4-6,8,23H,3,7,9-12H2,(H2,19,20,21)/t17-/m0/s1. The Kier molecular flexibility index (Phi) is 4.43. The van der Waals surface area contributed by atoms with Crippen LogP contribution < -0.4 is 10.6 Å². The molecule has 0 unspecified atom stereocenters. The topological polar surface area (TPSA) is 75.3 Å². The summed E-state index contributed by atoms with van der Waals surface area (Å²) in [5, 5.41) is 10.00. The Morgan fingerprint density at radius 3 is 2.87 bits per heavy atom. The molecule has 0 spiro atoms. The summed E-state index contributed by atoms with van der Waals surface area (Å²) < 4.78 is 14.0. The smallest absolute Gasteiger partial charge is 0.227 e. The normalized spacial score (nSPS) is 21.4. The van der Waals surface area contributed by atoms with Gasteiger partial charge in [-0.2, -0.15) is 4.98 Å². The second kappa shape index (κ2) is 6.50. The van der Waals surface area contributed by atoms with Crippen molar-refractivity contribution in [2.45, 2.75) is 19.3 Å². The maximum absolute atomic E-state index is 14.0. The first-order valence-corrected chi connectivity index (χ1v) is 7.80. The van der Waals surface area contributed by atoms with Crippen LogP contribution in [-0.4, -0.2) is 34.8 Å². The molecule has 1 fully saturated rings. The Morgan fingerprint density at radius 2 is 2.13 bits per heavy atom. The average molecular weight is 316 g/mol. The van der Waals surface area contributed by atoms with E-state index < -0.39 is 5.41 Å². The minimum Gasteiger partial charge on any atom is -0.396 e. The van der Waals surface area contributed by atoms with Crippen LogP contribution in [0.15, 0.2) is 36.5 Å². The molecule has 0 bridgehead atoms. The number of nitrogens with zero attached hydrogens (tertiary/aromatic N) is 3. The van der Waals surface area contributed by atoms with Crippen molar-refractivity contribution >= 4 is 11.8 Å². The van der Waals surface area contributed by atoms with Gasteiger partial charge in [0, 0.05) is 24.7 Å². The number of piperidine rings is 1. The Hall–Kier alpha value is -2.21. The zero-order valence-corrected chi connectivity index (χ0v) is 13.0. The largest absolute Gasteiger partial charge is 0.396 e. The van der Waals surface area contributed by atoms with Gasteiger partial charge in [0.2, 0.25) is 5.95 Å².